The SMILES string of the molecule is CNC(=O)c1ccccc1Sc1ccc2c(/C=C/c3ccccn3)nn(C(=O)N(C)C(C)CNC(=O)CNC(=O)CCC(=O)NCC(=O)N[C@H](C(=O)N[C@@H](CCN)C(N)=O)[C@@H](C)O)c2c1. The maximum atomic E-state index is 14.0. The minimum absolute atomic E-state index is 0.0153. The van der Waals surface area contributed by atoms with E-state index in [4.69, 9.17) is 11.5 Å². The van der Waals surface area contributed by atoms with Crippen LogP contribution in [0.25, 0.3) is 23.1 Å². The van der Waals surface area contributed by atoms with E-state index in [1.165, 1.54) is 28.3 Å². The van der Waals surface area contributed by atoms with Crippen molar-refractivity contribution in [1.82, 2.24) is 51.6 Å². The fourth-order valence-electron chi connectivity index (χ4n) is 6.00. The number of nitrogens with one attached hydrogen (secondary N) is 6. The number of amides is 8. The van der Waals surface area contributed by atoms with E-state index in [1.54, 1.807) is 57.6 Å². The second-order valence-electron chi connectivity index (χ2n) is 14.7. The molecule has 2 aromatic carbocycles. The lowest BCUT2D eigenvalue weighted by Crippen LogP contribution is -2.57. The minimum atomic E-state index is -1.47. The van der Waals surface area contributed by atoms with Crippen molar-refractivity contribution in [2.45, 2.75) is 67.1 Å². The standard InChI is InChI=1S/C43H54N12O9S/c1-25(22-48-37(59)23-49-35(57)16-17-36(58)50-24-38(60)52-39(26(2)56)42(63)51-32(18-19-44)40(45)61)54(4)43(64)55-33-21-28(65-34-11-6-5-10-30(34)41(62)46-3)13-14-29(33)31(53-55)15-12-27-9-7-8-20-47-27/h5-15,20-21,25-26,32,39,56H,16-19,22-24,44H2,1-4H3,(H2,45,61)(H,46,62)(H,48,59)(H,49,57)(H,50,58)(H,51,63)(H,52,60)/b15-12+/t25?,26-,32+,39+/m1/s1. The molecule has 4 aromatic rings. The Balaban J connectivity index is 1.30. The number of aromatic nitrogens is 3. The number of likely N-dealkylation sites (N-methyl/N-ethyl adjacent to an activating group) is 1. The van der Waals surface area contributed by atoms with Crippen molar-refractivity contribution in [2.75, 3.05) is 40.3 Å². The summed E-state index contributed by atoms with van der Waals surface area (Å²) in [5.74, 6) is -4.66. The summed E-state index contributed by atoms with van der Waals surface area (Å²) in [6, 6.07) is 14.6. The zero-order valence-corrected chi connectivity index (χ0v) is 37.1. The molecule has 0 spiro atoms. The van der Waals surface area contributed by atoms with Gasteiger partial charge in [0, 0.05) is 60.9 Å². The van der Waals surface area contributed by atoms with Crippen molar-refractivity contribution in [3.63, 3.8) is 0 Å². The summed E-state index contributed by atoms with van der Waals surface area (Å²) in [4.78, 5) is 108. The molecule has 0 aliphatic heterocycles. The van der Waals surface area contributed by atoms with Gasteiger partial charge in [-0.25, -0.2) is 4.79 Å². The highest BCUT2D eigenvalue weighted by Crippen LogP contribution is 2.34. The maximum absolute atomic E-state index is 14.0. The summed E-state index contributed by atoms with van der Waals surface area (Å²) in [7, 11) is 3.13. The number of nitrogens with zero attached hydrogens (tertiary/aromatic N) is 4. The first-order valence-corrected chi connectivity index (χ1v) is 21.3. The Kier molecular flexibility index (Phi) is 19.1. The summed E-state index contributed by atoms with van der Waals surface area (Å²) in [5.41, 5.74) is 12.9. The minimum Gasteiger partial charge on any atom is -0.391 e. The highest BCUT2D eigenvalue weighted by Gasteiger charge is 2.29. The molecule has 0 fully saturated rings. The number of aliphatic hydroxyl groups is 1. The van der Waals surface area contributed by atoms with E-state index in [1.807, 2.05) is 42.5 Å². The number of nitrogens with two attached hydrogens (primary N) is 2. The Morgan fingerprint density at radius 3 is 2.17 bits per heavy atom. The van der Waals surface area contributed by atoms with Gasteiger partial charge < -0.3 is 53.4 Å². The molecule has 22 heteroatoms. The molecule has 4 atom stereocenters. The van der Waals surface area contributed by atoms with Gasteiger partial charge in [-0.1, -0.05) is 30.0 Å². The Morgan fingerprint density at radius 1 is 0.862 bits per heavy atom. The third-order valence-electron chi connectivity index (χ3n) is 9.77. The zero-order valence-electron chi connectivity index (χ0n) is 36.3. The first kappa shape index (κ1) is 50.5. The molecule has 0 radical (unpaired) electrons. The zero-order chi connectivity index (χ0) is 47.6. The van der Waals surface area contributed by atoms with Crippen LogP contribution < -0.4 is 43.4 Å². The van der Waals surface area contributed by atoms with E-state index in [0.717, 1.165) is 9.79 Å². The number of benzene rings is 2. The predicted octanol–water partition coefficient (Wildman–Crippen LogP) is -0.286. The van der Waals surface area contributed by atoms with E-state index < -0.39 is 78.8 Å². The van der Waals surface area contributed by atoms with E-state index in [9.17, 15) is 43.5 Å². The van der Waals surface area contributed by atoms with Gasteiger partial charge in [0.15, 0.2) is 0 Å². The summed E-state index contributed by atoms with van der Waals surface area (Å²) >= 11 is 1.36. The average molecular weight is 915 g/mol. The average Bonchev–Trinajstić information content (AvgIpc) is 3.66. The van der Waals surface area contributed by atoms with Crippen LogP contribution in [0.15, 0.2) is 76.7 Å². The lowest BCUT2D eigenvalue weighted by atomic mass is 10.1. The number of carbonyl (C=O) groups is 8. The maximum Gasteiger partial charge on any atom is 0.345 e. The molecule has 0 aliphatic carbocycles. The Morgan fingerprint density at radius 2 is 1.54 bits per heavy atom. The van der Waals surface area contributed by atoms with Crippen molar-refractivity contribution in [3.8, 4) is 0 Å². The third kappa shape index (κ3) is 15.0. The van der Waals surface area contributed by atoms with Gasteiger partial charge in [-0.05, 0) is 81.4 Å². The number of pyridine rings is 1. The van der Waals surface area contributed by atoms with Gasteiger partial charge in [0.1, 0.15) is 12.1 Å². The summed E-state index contributed by atoms with van der Waals surface area (Å²) in [6.45, 7) is 2.01. The summed E-state index contributed by atoms with van der Waals surface area (Å²) in [5, 5.41) is 30.0. The van der Waals surface area contributed by atoms with Crippen LogP contribution in [0.5, 0.6) is 0 Å². The molecule has 0 aliphatic rings. The molecule has 65 heavy (non-hydrogen) atoms. The molecular formula is C43H54N12O9S. The second-order valence-corrected chi connectivity index (χ2v) is 15.8. The molecule has 1 unspecified atom stereocenters. The lowest BCUT2D eigenvalue weighted by Gasteiger charge is -2.25. The van der Waals surface area contributed by atoms with Crippen molar-refractivity contribution in [1.29, 1.82) is 0 Å². The number of fused-ring (bicyclic) bond motifs is 1. The van der Waals surface area contributed by atoms with Gasteiger partial charge >= 0.3 is 6.03 Å². The van der Waals surface area contributed by atoms with Gasteiger partial charge in [0.25, 0.3) is 5.91 Å². The summed E-state index contributed by atoms with van der Waals surface area (Å²) in [6.07, 6.45) is 3.23. The number of carbonyl (C=O) groups excluding carboxylic acids is 8. The van der Waals surface area contributed by atoms with Crippen molar-refractivity contribution in [3.05, 3.63) is 83.8 Å². The van der Waals surface area contributed by atoms with Crippen LogP contribution in [0.1, 0.15) is 54.9 Å². The molecule has 4 rings (SSSR count). The first-order valence-electron chi connectivity index (χ1n) is 20.5. The molecule has 8 amide bonds. The van der Waals surface area contributed by atoms with E-state index in [2.05, 4.69) is 42.0 Å². The molecule has 11 N–H and O–H groups in total. The molecule has 0 bridgehead atoms. The predicted molar refractivity (Wildman–Crippen MR) is 242 cm³/mol. The van der Waals surface area contributed by atoms with Crippen LogP contribution in [0.3, 0.4) is 0 Å². The fourth-order valence-corrected chi connectivity index (χ4v) is 6.98. The van der Waals surface area contributed by atoms with Gasteiger partial charge in [-0.15, -0.1) is 0 Å². The molecule has 2 aromatic heterocycles. The lowest BCUT2D eigenvalue weighted by molar-refractivity contribution is -0.134. The Labute approximate surface area is 378 Å². The van der Waals surface area contributed by atoms with E-state index in [0.29, 0.717) is 27.9 Å². The third-order valence-corrected chi connectivity index (χ3v) is 10.8. The highest BCUT2D eigenvalue weighted by atomic mass is 32.2. The van der Waals surface area contributed by atoms with Crippen LogP contribution in [0.4, 0.5) is 4.79 Å². The number of rotatable bonds is 22. The van der Waals surface area contributed by atoms with Crippen LogP contribution in [-0.2, 0) is 28.8 Å². The monoisotopic (exact) mass is 914 g/mol. The van der Waals surface area contributed by atoms with Gasteiger partial charge in [-0.2, -0.15) is 9.78 Å². The quantitative estimate of drug-likeness (QED) is 0.0491. The largest absolute Gasteiger partial charge is 0.391 e. The van der Waals surface area contributed by atoms with Crippen LogP contribution in [-0.4, -0.2) is 137 Å². The Hall–Kier alpha value is -7.17. The number of primary amides is 1. The second kappa shape index (κ2) is 24.6. The van der Waals surface area contributed by atoms with Crippen LogP contribution in [0, 0.1) is 0 Å². The van der Waals surface area contributed by atoms with Crippen molar-refractivity contribution >= 4 is 82.2 Å². The van der Waals surface area contributed by atoms with Crippen molar-refractivity contribution < 1.29 is 43.5 Å². The van der Waals surface area contributed by atoms with Crippen molar-refractivity contribution in [2.24, 2.45) is 11.5 Å². The van der Waals surface area contributed by atoms with Crippen LogP contribution in [0.2, 0.25) is 0 Å². The highest BCUT2D eigenvalue weighted by molar-refractivity contribution is 7.99. The summed E-state index contributed by atoms with van der Waals surface area (Å²) < 4.78 is 1.28. The van der Waals surface area contributed by atoms with Gasteiger partial charge in [-0.3, -0.25) is 38.5 Å². The first-order chi connectivity index (χ1) is 31.0. The van der Waals surface area contributed by atoms with Crippen LogP contribution >= 0.6 is 11.8 Å². The molecular weight excluding hydrogens is 861 g/mol. The van der Waals surface area contributed by atoms with E-state index in [-0.39, 0.29) is 38.3 Å². The van der Waals surface area contributed by atoms with Gasteiger partial charge in [0.05, 0.1) is 41.7 Å². The molecule has 346 valence electrons. The topological polar surface area (TPSA) is 315 Å². The fraction of sp³-hybridized carbons (Fsp3) is 0.349. The molecule has 0 saturated heterocycles. The Bertz CT molecular complexity index is 2390. The molecule has 2 heterocycles. The number of hydrogen-bond donors (Lipinski definition) is 9. The smallest absolute Gasteiger partial charge is 0.345 e. The van der Waals surface area contributed by atoms with E-state index >= 15 is 0 Å². The molecule has 0 saturated carbocycles. The normalized spacial score (nSPS) is 12.9. The molecule has 21 nitrogen and oxygen atoms in total. The number of aliphatic hydroxyl groups excluding tert-OH is 1. The van der Waals surface area contributed by atoms with Gasteiger partial charge in [0.2, 0.25) is 35.4 Å². The number of hydrogen-bond acceptors (Lipinski definition) is 13.